The van der Waals surface area contributed by atoms with E-state index in [2.05, 4.69) is 4.98 Å². The van der Waals surface area contributed by atoms with Crippen molar-refractivity contribution in [3.63, 3.8) is 0 Å². The summed E-state index contributed by atoms with van der Waals surface area (Å²) in [6.07, 6.45) is 3.26. The standard InChI is InChI=1S/C13H18N2O3/c1-13(2)10-17-7-6-15(13)12(16)9-18-11-4-3-5-14-8-11/h3-5,8H,6-7,9-10H2,1-2H3. The van der Waals surface area contributed by atoms with Gasteiger partial charge in [-0.15, -0.1) is 0 Å². The Labute approximate surface area is 107 Å². The Balaban J connectivity index is 1.91. The van der Waals surface area contributed by atoms with Crippen molar-refractivity contribution in [3.05, 3.63) is 24.5 Å². The van der Waals surface area contributed by atoms with E-state index in [-0.39, 0.29) is 18.1 Å². The molecule has 2 heterocycles. The number of ether oxygens (including phenoxy) is 2. The van der Waals surface area contributed by atoms with E-state index in [4.69, 9.17) is 9.47 Å². The molecule has 0 unspecified atom stereocenters. The molecule has 0 bridgehead atoms. The van der Waals surface area contributed by atoms with Gasteiger partial charge >= 0.3 is 0 Å². The molecule has 1 aliphatic heterocycles. The third-order valence-electron chi connectivity index (χ3n) is 2.94. The van der Waals surface area contributed by atoms with Crippen molar-refractivity contribution in [3.8, 4) is 5.75 Å². The highest BCUT2D eigenvalue weighted by atomic mass is 16.5. The molecule has 18 heavy (non-hydrogen) atoms. The Bertz CT molecular complexity index is 406. The van der Waals surface area contributed by atoms with Crippen LogP contribution in [0.25, 0.3) is 0 Å². The normalized spacial score (nSPS) is 18.4. The van der Waals surface area contributed by atoms with Gasteiger partial charge in [0.15, 0.2) is 6.61 Å². The molecule has 0 saturated carbocycles. The summed E-state index contributed by atoms with van der Waals surface area (Å²) in [5.41, 5.74) is -0.270. The number of rotatable bonds is 3. The minimum absolute atomic E-state index is 0.0212. The molecule has 0 spiro atoms. The highest BCUT2D eigenvalue weighted by Crippen LogP contribution is 2.19. The molecule has 1 aliphatic rings. The summed E-state index contributed by atoms with van der Waals surface area (Å²) in [4.78, 5) is 17.9. The van der Waals surface area contributed by atoms with Gasteiger partial charge in [-0.3, -0.25) is 9.78 Å². The van der Waals surface area contributed by atoms with E-state index in [0.29, 0.717) is 25.5 Å². The Morgan fingerprint density at radius 2 is 2.44 bits per heavy atom. The van der Waals surface area contributed by atoms with Crippen molar-refractivity contribution in [2.75, 3.05) is 26.4 Å². The molecular weight excluding hydrogens is 232 g/mol. The first-order valence-electron chi connectivity index (χ1n) is 6.01. The van der Waals surface area contributed by atoms with E-state index in [1.165, 1.54) is 0 Å². The maximum absolute atomic E-state index is 12.1. The van der Waals surface area contributed by atoms with Crippen molar-refractivity contribution in [2.24, 2.45) is 0 Å². The van der Waals surface area contributed by atoms with Crippen molar-refractivity contribution >= 4 is 5.91 Å². The maximum atomic E-state index is 12.1. The quantitative estimate of drug-likeness (QED) is 0.806. The van der Waals surface area contributed by atoms with E-state index in [1.54, 1.807) is 24.5 Å². The van der Waals surface area contributed by atoms with Crippen molar-refractivity contribution in [1.82, 2.24) is 9.88 Å². The van der Waals surface area contributed by atoms with Crippen LogP contribution in [0.5, 0.6) is 5.75 Å². The molecule has 1 aromatic heterocycles. The molecule has 1 amide bonds. The third kappa shape index (κ3) is 2.98. The van der Waals surface area contributed by atoms with Gasteiger partial charge in [0, 0.05) is 12.7 Å². The van der Waals surface area contributed by atoms with Crippen LogP contribution >= 0.6 is 0 Å². The Kier molecular flexibility index (Phi) is 3.81. The first kappa shape index (κ1) is 12.8. The summed E-state index contributed by atoms with van der Waals surface area (Å²) in [5.74, 6) is 0.587. The van der Waals surface area contributed by atoms with Crippen LogP contribution in [0.2, 0.25) is 0 Å². The molecule has 1 aromatic rings. The highest BCUT2D eigenvalue weighted by Gasteiger charge is 2.34. The summed E-state index contributed by atoms with van der Waals surface area (Å²) >= 11 is 0. The van der Waals surface area contributed by atoms with Gasteiger partial charge in [0.25, 0.3) is 5.91 Å². The summed E-state index contributed by atoms with van der Waals surface area (Å²) < 4.78 is 10.8. The van der Waals surface area contributed by atoms with E-state index in [0.717, 1.165) is 0 Å². The second kappa shape index (κ2) is 5.35. The second-order valence-corrected chi connectivity index (χ2v) is 4.89. The fourth-order valence-electron chi connectivity index (χ4n) is 1.98. The predicted molar refractivity (Wildman–Crippen MR) is 66.3 cm³/mol. The number of pyridine rings is 1. The average molecular weight is 250 g/mol. The zero-order valence-electron chi connectivity index (χ0n) is 10.8. The first-order chi connectivity index (χ1) is 8.59. The number of hydrogen-bond acceptors (Lipinski definition) is 4. The number of hydrogen-bond donors (Lipinski definition) is 0. The monoisotopic (exact) mass is 250 g/mol. The summed E-state index contributed by atoms with van der Waals surface area (Å²) in [6.45, 7) is 5.79. The van der Waals surface area contributed by atoms with E-state index < -0.39 is 0 Å². The van der Waals surface area contributed by atoms with Crippen LogP contribution in [0.3, 0.4) is 0 Å². The van der Waals surface area contributed by atoms with Crippen LogP contribution in [0.4, 0.5) is 0 Å². The van der Waals surface area contributed by atoms with E-state index in [1.807, 2.05) is 18.7 Å². The SMILES string of the molecule is CC1(C)COCCN1C(=O)COc1cccnc1. The fraction of sp³-hybridized carbons (Fsp3) is 0.538. The molecule has 0 aromatic carbocycles. The van der Waals surface area contributed by atoms with Crippen LogP contribution in [-0.2, 0) is 9.53 Å². The zero-order valence-corrected chi connectivity index (χ0v) is 10.8. The largest absolute Gasteiger partial charge is 0.482 e. The smallest absolute Gasteiger partial charge is 0.261 e. The van der Waals surface area contributed by atoms with Crippen LogP contribution in [0.15, 0.2) is 24.5 Å². The molecule has 0 atom stereocenters. The summed E-state index contributed by atoms with van der Waals surface area (Å²) in [5, 5.41) is 0. The zero-order chi connectivity index (χ0) is 13.0. The van der Waals surface area contributed by atoms with Gasteiger partial charge in [0.05, 0.1) is 24.9 Å². The lowest BCUT2D eigenvalue weighted by Crippen LogP contribution is -2.56. The van der Waals surface area contributed by atoms with Gasteiger partial charge in [-0.25, -0.2) is 0 Å². The van der Waals surface area contributed by atoms with Crippen LogP contribution in [-0.4, -0.2) is 47.7 Å². The van der Waals surface area contributed by atoms with Gasteiger partial charge in [-0.1, -0.05) is 0 Å². The number of morpholine rings is 1. The lowest BCUT2D eigenvalue weighted by molar-refractivity contribution is -0.148. The summed E-state index contributed by atoms with van der Waals surface area (Å²) in [7, 11) is 0. The fourth-order valence-corrected chi connectivity index (χ4v) is 1.98. The molecule has 98 valence electrons. The maximum Gasteiger partial charge on any atom is 0.261 e. The molecule has 0 aliphatic carbocycles. The van der Waals surface area contributed by atoms with Gasteiger partial charge in [0.1, 0.15) is 5.75 Å². The highest BCUT2D eigenvalue weighted by molar-refractivity contribution is 5.78. The van der Waals surface area contributed by atoms with Crippen LogP contribution in [0, 0.1) is 0 Å². The first-order valence-corrected chi connectivity index (χ1v) is 6.01. The molecule has 0 N–H and O–H groups in total. The Hall–Kier alpha value is -1.62. The minimum atomic E-state index is -0.270. The van der Waals surface area contributed by atoms with Gasteiger partial charge in [-0.05, 0) is 26.0 Å². The van der Waals surface area contributed by atoms with Crippen molar-refractivity contribution in [2.45, 2.75) is 19.4 Å². The van der Waals surface area contributed by atoms with E-state index >= 15 is 0 Å². The Morgan fingerprint density at radius 1 is 1.61 bits per heavy atom. The van der Waals surface area contributed by atoms with Gasteiger partial charge in [-0.2, -0.15) is 0 Å². The predicted octanol–water partition coefficient (Wildman–Crippen LogP) is 1.10. The van der Waals surface area contributed by atoms with E-state index in [9.17, 15) is 4.79 Å². The van der Waals surface area contributed by atoms with Gasteiger partial charge < -0.3 is 14.4 Å². The van der Waals surface area contributed by atoms with Crippen molar-refractivity contribution in [1.29, 1.82) is 0 Å². The molecule has 1 fully saturated rings. The third-order valence-corrected chi connectivity index (χ3v) is 2.94. The minimum Gasteiger partial charge on any atom is -0.482 e. The Morgan fingerprint density at radius 3 is 3.11 bits per heavy atom. The molecule has 5 heteroatoms. The number of carbonyl (C=O) groups is 1. The lowest BCUT2D eigenvalue weighted by atomic mass is 10.0. The molecule has 0 radical (unpaired) electrons. The van der Waals surface area contributed by atoms with Gasteiger partial charge in [0.2, 0.25) is 0 Å². The number of nitrogens with zero attached hydrogens (tertiary/aromatic N) is 2. The average Bonchev–Trinajstić information content (AvgIpc) is 2.37. The van der Waals surface area contributed by atoms with Crippen LogP contribution < -0.4 is 4.74 Å². The molecule has 1 saturated heterocycles. The molecule has 2 rings (SSSR count). The summed E-state index contributed by atoms with van der Waals surface area (Å²) in [6, 6.07) is 3.56. The number of aromatic nitrogens is 1. The second-order valence-electron chi connectivity index (χ2n) is 4.89. The van der Waals surface area contributed by atoms with Crippen molar-refractivity contribution < 1.29 is 14.3 Å². The molecule has 5 nitrogen and oxygen atoms in total. The number of carbonyl (C=O) groups excluding carboxylic acids is 1. The van der Waals surface area contributed by atoms with Crippen LogP contribution in [0.1, 0.15) is 13.8 Å². The topological polar surface area (TPSA) is 51.7 Å². The lowest BCUT2D eigenvalue weighted by Gasteiger charge is -2.41. The molecular formula is C13H18N2O3. The number of amides is 1.